The highest BCUT2D eigenvalue weighted by atomic mass is 16.7. The molecule has 1 fully saturated rings. The fourth-order valence-corrected chi connectivity index (χ4v) is 3.80. The summed E-state index contributed by atoms with van der Waals surface area (Å²) in [4.78, 5) is 0. The van der Waals surface area contributed by atoms with E-state index in [1.165, 1.54) is 21.9 Å². The molecule has 1 atom stereocenters. The zero-order chi connectivity index (χ0) is 17.1. The summed E-state index contributed by atoms with van der Waals surface area (Å²) in [5.41, 5.74) is 3.23. The van der Waals surface area contributed by atoms with Crippen molar-refractivity contribution in [1.82, 2.24) is 0 Å². The molecule has 124 valence electrons. The van der Waals surface area contributed by atoms with Crippen LogP contribution in [0.15, 0.2) is 36.4 Å². The molecule has 24 heavy (non-hydrogen) atoms. The second kappa shape index (κ2) is 5.21. The molecule has 2 aromatic rings. The number of hydrogen-bond acceptors (Lipinski definition) is 2. The van der Waals surface area contributed by atoms with Crippen molar-refractivity contribution in [2.75, 3.05) is 0 Å². The first kappa shape index (κ1) is 15.9. The molecule has 0 amide bonds. The second-order valence-electron chi connectivity index (χ2n) is 8.14. The van der Waals surface area contributed by atoms with E-state index in [-0.39, 0.29) is 18.3 Å². The van der Waals surface area contributed by atoms with Gasteiger partial charge in [0.05, 0.1) is 11.2 Å². The molecular weight excluding hydrogens is 295 g/mol. The molecule has 2 aromatic carbocycles. The van der Waals surface area contributed by atoms with Gasteiger partial charge in [0.25, 0.3) is 0 Å². The predicted molar refractivity (Wildman–Crippen MR) is 102 cm³/mol. The zero-order valence-electron chi connectivity index (χ0n) is 15.2. The lowest BCUT2D eigenvalue weighted by atomic mass is 9.70. The van der Waals surface area contributed by atoms with Crippen molar-refractivity contribution in [2.45, 2.75) is 58.2 Å². The summed E-state index contributed by atoms with van der Waals surface area (Å²) in [6, 6.07) is 10.9. The number of allylic oxidation sites excluding steroid dienone is 1. The number of fused-ring (bicyclic) bond motifs is 3. The molecule has 0 spiro atoms. The number of benzene rings is 2. The van der Waals surface area contributed by atoms with E-state index in [0.29, 0.717) is 5.92 Å². The Hall–Kier alpha value is -1.58. The van der Waals surface area contributed by atoms with Crippen LogP contribution in [0.1, 0.15) is 58.1 Å². The molecule has 1 saturated heterocycles. The molecule has 1 unspecified atom stereocenters. The standard InChI is InChI=1S/C21H25BO2/c1-14-9-8-12-17-18(22-23-20(2,3)21(4,5)24-22)13-15-10-6-7-11-16(15)19(14)17/h6-8,10-14H,9H2,1-5H3. The van der Waals surface area contributed by atoms with E-state index >= 15 is 0 Å². The van der Waals surface area contributed by atoms with Gasteiger partial charge in [-0.25, -0.2) is 0 Å². The Bertz CT molecular complexity index is 819. The normalized spacial score (nSPS) is 24.4. The molecule has 1 heterocycles. The maximum atomic E-state index is 6.34. The fraction of sp³-hybridized carbons (Fsp3) is 0.429. The highest BCUT2D eigenvalue weighted by Crippen LogP contribution is 2.39. The van der Waals surface area contributed by atoms with Gasteiger partial charge in [-0.05, 0) is 67.4 Å². The molecule has 0 aromatic heterocycles. The second-order valence-corrected chi connectivity index (χ2v) is 8.14. The van der Waals surface area contributed by atoms with Crippen molar-refractivity contribution in [3.05, 3.63) is 47.5 Å². The molecule has 2 nitrogen and oxygen atoms in total. The first-order valence-corrected chi connectivity index (χ1v) is 8.88. The minimum absolute atomic E-state index is 0.316. The third-order valence-corrected chi connectivity index (χ3v) is 5.94. The van der Waals surface area contributed by atoms with Crippen LogP contribution in [0.4, 0.5) is 0 Å². The van der Waals surface area contributed by atoms with Gasteiger partial charge in [0.15, 0.2) is 0 Å². The topological polar surface area (TPSA) is 18.5 Å². The van der Waals surface area contributed by atoms with E-state index in [2.05, 4.69) is 77.1 Å². The molecule has 0 N–H and O–H groups in total. The summed E-state index contributed by atoms with van der Waals surface area (Å²) in [6.07, 6.45) is 5.61. The summed E-state index contributed by atoms with van der Waals surface area (Å²) in [5.74, 6) is 0.511. The predicted octanol–water partition coefficient (Wildman–Crippen LogP) is 4.66. The third-order valence-electron chi connectivity index (χ3n) is 5.94. The minimum atomic E-state index is -0.319. The lowest BCUT2D eigenvalue weighted by Gasteiger charge is -2.32. The lowest BCUT2D eigenvalue weighted by Crippen LogP contribution is -2.41. The Morgan fingerprint density at radius 2 is 1.71 bits per heavy atom. The van der Waals surface area contributed by atoms with Crippen molar-refractivity contribution in [2.24, 2.45) is 0 Å². The monoisotopic (exact) mass is 320 g/mol. The first-order chi connectivity index (χ1) is 11.3. The minimum Gasteiger partial charge on any atom is -0.399 e. The average Bonchev–Trinajstić information content (AvgIpc) is 2.74. The molecule has 0 saturated carbocycles. The number of rotatable bonds is 1. The Balaban J connectivity index is 1.93. The van der Waals surface area contributed by atoms with Gasteiger partial charge in [0.1, 0.15) is 0 Å². The van der Waals surface area contributed by atoms with Crippen molar-refractivity contribution in [3.8, 4) is 0 Å². The SMILES string of the molecule is CC1CC=Cc2c(B3OC(C)(C)C(C)(C)O3)cc3ccccc3c21. The number of hydrogen-bond donors (Lipinski definition) is 0. The van der Waals surface area contributed by atoms with Gasteiger partial charge in [-0.1, -0.05) is 49.4 Å². The molecule has 0 radical (unpaired) electrons. The fourth-order valence-electron chi connectivity index (χ4n) is 3.80. The van der Waals surface area contributed by atoms with Crippen molar-refractivity contribution in [1.29, 1.82) is 0 Å². The van der Waals surface area contributed by atoms with Gasteiger partial charge in [-0.15, -0.1) is 0 Å². The summed E-state index contributed by atoms with van der Waals surface area (Å²) in [7, 11) is -0.316. The van der Waals surface area contributed by atoms with Crippen LogP contribution in [0, 0.1) is 0 Å². The molecular formula is C21H25BO2. The molecule has 2 aliphatic rings. The largest absolute Gasteiger partial charge is 0.495 e. The van der Waals surface area contributed by atoms with Crippen molar-refractivity contribution >= 4 is 29.4 Å². The molecule has 3 heteroatoms. The van der Waals surface area contributed by atoms with Gasteiger partial charge in [-0.3, -0.25) is 0 Å². The Morgan fingerprint density at radius 3 is 2.42 bits per heavy atom. The highest BCUT2D eigenvalue weighted by Gasteiger charge is 2.52. The van der Waals surface area contributed by atoms with E-state index < -0.39 is 0 Å². The Morgan fingerprint density at radius 1 is 1.04 bits per heavy atom. The summed E-state index contributed by atoms with van der Waals surface area (Å²) < 4.78 is 12.7. The smallest absolute Gasteiger partial charge is 0.399 e. The van der Waals surface area contributed by atoms with Crippen molar-refractivity contribution < 1.29 is 9.31 Å². The van der Waals surface area contributed by atoms with Gasteiger partial charge in [0.2, 0.25) is 0 Å². The maximum absolute atomic E-state index is 6.34. The van der Waals surface area contributed by atoms with E-state index in [9.17, 15) is 0 Å². The summed E-state index contributed by atoms with van der Waals surface area (Å²) >= 11 is 0. The quantitative estimate of drug-likeness (QED) is 0.712. The van der Waals surface area contributed by atoms with E-state index in [1.54, 1.807) is 0 Å². The van der Waals surface area contributed by atoms with E-state index in [0.717, 1.165) is 11.9 Å². The Labute approximate surface area is 145 Å². The zero-order valence-corrected chi connectivity index (χ0v) is 15.2. The molecule has 4 rings (SSSR count). The van der Waals surface area contributed by atoms with Gasteiger partial charge in [0, 0.05) is 0 Å². The van der Waals surface area contributed by atoms with Crippen LogP contribution in [0.5, 0.6) is 0 Å². The van der Waals surface area contributed by atoms with Gasteiger partial charge < -0.3 is 9.31 Å². The van der Waals surface area contributed by atoms with Crippen LogP contribution >= 0.6 is 0 Å². The van der Waals surface area contributed by atoms with Crippen LogP contribution in [-0.2, 0) is 9.31 Å². The van der Waals surface area contributed by atoms with Crippen molar-refractivity contribution in [3.63, 3.8) is 0 Å². The van der Waals surface area contributed by atoms with Crippen LogP contribution < -0.4 is 5.46 Å². The maximum Gasteiger partial charge on any atom is 0.495 e. The van der Waals surface area contributed by atoms with Gasteiger partial charge >= 0.3 is 7.12 Å². The van der Waals surface area contributed by atoms with E-state index in [4.69, 9.17) is 9.31 Å². The highest BCUT2D eigenvalue weighted by molar-refractivity contribution is 6.63. The summed E-state index contributed by atoms with van der Waals surface area (Å²) in [6.45, 7) is 10.7. The summed E-state index contributed by atoms with van der Waals surface area (Å²) in [5, 5.41) is 2.62. The average molecular weight is 320 g/mol. The Kier molecular flexibility index (Phi) is 3.46. The molecule has 0 bridgehead atoms. The lowest BCUT2D eigenvalue weighted by molar-refractivity contribution is 0.00578. The van der Waals surface area contributed by atoms with Crippen LogP contribution in [0.2, 0.25) is 0 Å². The van der Waals surface area contributed by atoms with Gasteiger partial charge in [-0.2, -0.15) is 0 Å². The van der Waals surface area contributed by atoms with Crippen LogP contribution in [-0.4, -0.2) is 18.3 Å². The van der Waals surface area contributed by atoms with Crippen LogP contribution in [0.25, 0.3) is 16.8 Å². The third kappa shape index (κ3) is 2.26. The van der Waals surface area contributed by atoms with E-state index in [1.807, 2.05) is 0 Å². The molecule has 1 aliphatic carbocycles. The first-order valence-electron chi connectivity index (χ1n) is 8.88. The van der Waals surface area contributed by atoms with Crippen LogP contribution in [0.3, 0.4) is 0 Å². The molecule has 1 aliphatic heterocycles.